The van der Waals surface area contributed by atoms with E-state index in [0.29, 0.717) is 31.1 Å². The number of hydrogen-bond acceptors (Lipinski definition) is 3. The average molecular weight is 354 g/mol. The van der Waals surface area contributed by atoms with Crippen molar-refractivity contribution in [3.05, 3.63) is 29.8 Å². The van der Waals surface area contributed by atoms with Gasteiger partial charge in [-0.15, -0.1) is 12.4 Å². The van der Waals surface area contributed by atoms with Crippen LogP contribution >= 0.6 is 12.4 Å². The molecule has 2 amide bonds. The first-order valence-corrected chi connectivity index (χ1v) is 8.50. The molecule has 0 bridgehead atoms. The number of hydrogen-bond donors (Lipinski definition) is 2. The van der Waals surface area contributed by atoms with Crippen molar-refractivity contribution >= 4 is 29.9 Å². The molecule has 0 unspecified atom stereocenters. The molecule has 1 aromatic carbocycles. The number of halogens is 1. The van der Waals surface area contributed by atoms with Gasteiger partial charge in [0, 0.05) is 30.3 Å². The van der Waals surface area contributed by atoms with Crippen molar-refractivity contribution in [2.24, 2.45) is 17.6 Å². The minimum absolute atomic E-state index is 0. The minimum atomic E-state index is 0. The molecule has 0 aliphatic heterocycles. The molecule has 0 aromatic heterocycles. The summed E-state index contributed by atoms with van der Waals surface area (Å²) in [5.41, 5.74) is 7.12. The SMILES string of the molecule is CCN(CC)C(=O)c1ccc(NC(=O)[C@@H]2CCC[C@@H]2CN)cc1.Cl. The van der Waals surface area contributed by atoms with Crippen LogP contribution in [0.1, 0.15) is 43.5 Å². The van der Waals surface area contributed by atoms with E-state index in [-0.39, 0.29) is 30.1 Å². The zero-order valence-electron chi connectivity index (χ0n) is 14.5. The van der Waals surface area contributed by atoms with E-state index in [4.69, 9.17) is 5.73 Å². The monoisotopic (exact) mass is 353 g/mol. The quantitative estimate of drug-likeness (QED) is 0.825. The molecule has 6 heteroatoms. The fourth-order valence-corrected chi connectivity index (χ4v) is 3.29. The molecule has 0 heterocycles. The van der Waals surface area contributed by atoms with Gasteiger partial charge in [-0.3, -0.25) is 9.59 Å². The van der Waals surface area contributed by atoms with E-state index < -0.39 is 0 Å². The molecule has 1 aliphatic carbocycles. The first-order chi connectivity index (χ1) is 11.1. The third kappa shape index (κ3) is 4.71. The largest absolute Gasteiger partial charge is 0.339 e. The molecule has 1 fully saturated rings. The van der Waals surface area contributed by atoms with Crippen molar-refractivity contribution < 1.29 is 9.59 Å². The first kappa shape index (κ1) is 20.5. The Hall–Kier alpha value is -1.59. The van der Waals surface area contributed by atoms with E-state index in [1.54, 1.807) is 29.2 Å². The van der Waals surface area contributed by atoms with Crippen LogP contribution in [0.3, 0.4) is 0 Å². The van der Waals surface area contributed by atoms with Gasteiger partial charge in [-0.05, 0) is 63.4 Å². The number of nitrogens with zero attached hydrogens (tertiary/aromatic N) is 1. The lowest BCUT2D eigenvalue weighted by Gasteiger charge is -2.19. The number of nitrogens with one attached hydrogen (secondary N) is 1. The van der Waals surface area contributed by atoms with Crippen molar-refractivity contribution in [2.75, 3.05) is 25.0 Å². The van der Waals surface area contributed by atoms with Crippen LogP contribution in [-0.4, -0.2) is 36.3 Å². The van der Waals surface area contributed by atoms with Crippen LogP contribution in [0, 0.1) is 11.8 Å². The Morgan fingerprint density at radius 3 is 2.33 bits per heavy atom. The van der Waals surface area contributed by atoms with Gasteiger partial charge in [0.2, 0.25) is 5.91 Å². The average Bonchev–Trinajstić information content (AvgIpc) is 3.05. The third-order valence-corrected chi connectivity index (χ3v) is 4.75. The summed E-state index contributed by atoms with van der Waals surface area (Å²) in [5, 5.41) is 2.95. The van der Waals surface area contributed by atoms with Gasteiger partial charge in [0.15, 0.2) is 0 Å². The summed E-state index contributed by atoms with van der Waals surface area (Å²) in [6.45, 7) is 5.87. The summed E-state index contributed by atoms with van der Waals surface area (Å²) >= 11 is 0. The highest BCUT2D eigenvalue weighted by Crippen LogP contribution is 2.31. The maximum Gasteiger partial charge on any atom is 0.253 e. The van der Waals surface area contributed by atoms with E-state index in [1.807, 2.05) is 13.8 Å². The van der Waals surface area contributed by atoms with Crippen molar-refractivity contribution in [1.29, 1.82) is 0 Å². The lowest BCUT2D eigenvalue weighted by molar-refractivity contribution is -0.120. The predicted molar refractivity (Wildman–Crippen MR) is 99.5 cm³/mol. The lowest BCUT2D eigenvalue weighted by Crippen LogP contribution is -2.30. The Morgan fingerprint density at radius 2 is 1.79 bits per heavy atom. The second kappa shape index (κ2) is 9.64. The van der Waals surface area contributed by atoms with Gasteiger partial charge in [-0.1, -0.05) is 6.42 Å². The summed E-state index contributed by atoms with van der Waals surface area (Å²) in [6, 6.07) is 7.12. The first-order valence-electron chi connectivity index (χ1n) is 8.50. The highest BCUT2D eigenvalue weighted by molar-refractivity contribution is 5.96. The fourth-order valence-electron chi connectivity index (χ4n) is 3.29. The minimum Gasteiger partial charge on any atom is -0.339 e. The van der Waals surface area contributed by atoms with E-state index in [1.165, 1.54) is 0 Å². The molecule has 0 saturated heterocycles. The molecule has 3 N–H and O–H groups in total. The Labute approximate surface area is 150 Å². The third-order valence-electron chi connectivity index (χ3n) is 4.75. The van der Waals surface area contributed by atoms with E-state index in [9.17, 15) is 9.59 Å². The van der Waals surface area contributed by atoms with E-state index >= 15 is 0 Å². The normalized spacial score (nSPS) is 19.5. The van der Waals surface area contributed by atoms with Gasteiger partial charge in [0.05, 0.1) is 0 Å². The number of anilines is 1. The summed E-state index contributed by atoms with van der Waals surface area (Å²) in [4.78, 5) is 26.4. The van der Waals surface area contributed by atoms with Crippen LogP contribution in [0.15, 0.2) is 24.3 Å². The number of carbonyl (C=O) groups is 2. The van der Waals surface area contributed by atoms with Crippen LogP contribution in [-0.2, 0) is 4.79 Å². The van der Waals surface area contributed by atoms with Gasteiger partial charge in [0.25, 0.3) is 5.91 Å². The molecule has 0 radical (unpaired) electrons. The number of nitrogens with two attached hydrogens (primary N) is 1. The molecule has 1 aromatic rings. The van der Waals surface area contributed by atoms with Crippen LogP contribution in [0.4, 0.5) is 5.69 Å². The molecule has 1 aliphatic rings. The van der Waals surface area contributed by atoms with Gasteiger partial charge in [0.1, 0.15) is 0 Å². The molecular weight excluding hydrogens is 326 g/mol. The van der Waals surface area contributed by atoms with Gasteiger partial charge >= 0.3 is 0 Å². The summed E-state index contributed by atoms with van der Waals surface area (Å²) in [6.07, 6.45) is 3.01. The Kier molecular flexibility index (Phi) is 8.22. The summed E-state index contributed by atoms with van der Waals surface area (Å²) < 4.78 is 0. The number of amides is 2. The second-order valence-corrected chi connectivity index (χ2v) is 6.08. The van der Waals surface area contributed by atoms with Crippen LogP contribution < -0.4 is 11.1 Å². The van der Waals surface area contributed by atoms with E-state index in [2.05, 4.69) is 5.32 Å². The Balaban J connectivity index is 0.00000288. The van der Waals surface area contributed by atoms with Crippen molar-refractivity contribution in [3.8, 4) is 0 Å². The maximum atomic E-state index is 12.4. The Bertz CT molecular complexity index is 544. The summed E-state index contributed by atoms with van der Waals surface area (Å²) in [5.74, 6) is 0.364. The molecular formula is C18H28ClN3O2. The zero-order chi connectivity index (χ0) is 16.8. The van der Waals surface area contributed by atoms with Crippen molar-refractivity contribution in [3.63, 3.8) is 0 Å². The topological polar surface area (TPSA) is 75.4 Å². The highest BCUT2D eigenvalue weighted by atomic mass is 35.5. The fraction of sp³-hybridized carbons (Fsp3) is 0.556. The van der Waals surface area contributed by atoms with Crippen molar-refractivity contribution in [1.82, 2.24) is 4.90 Å². The van der Waals surface area contributed by atoms with Crippen LogP contribution in [0.2, 0.25) is 0 Å². The van der Waals surface area contributed by atoms with Gasteiger partial charge < -0.3 is 16.0 Å². The molecule has 1 saturated carbocycles. The molecule has 2 atom stereocenters. The number of carbonyl (C=O) groups excluding carboxylic acids is 2. The smallest absolute Gasteiger partial charge is 0.253 e. The predicted octanol–water partition coefficient (Wildman–Crippen LogP) is 2.90. The Morgan fingerprint density at radius 1 is 1.17 bits per heavy atom. The zero-order valence-corrected chi connectivity index (χ0v) is 15.3. The lowest BCUT2D eigenvalue weighted by atomic mass is 9.95. The molecule has 2 rings (SSSR count). The van der Waals surface area contributed by atoms with Gasteiger partial charge in [-0.25, -0.2) is 0 Å². The van der Waals surface area contributed by atoms with Crippen molar-refractivity contribution in [2.45, 2.75) is 33.1 Å². The second-order valence-electron chi connectivity index (χ2n) is 6.08. The maximum absolute atomic E-state index is 12.4. The molecule has 134 valence electrons. The molecule has 24 heavy (non-hydrogen) atoms. The van der Waals surface area contributed by atoms with Crippen LogP contribution in [0.25, 0.3) is 0 Å². The van der Waals surface area contributed by atoms with Gasteiger partial charge in [-0.2, -0.15) is 0 Å². The summed E-state index contributed by atoms with van der Waals surface area (Å²) in [7, 11) is 0. The van der Waals surface area contributed by atoms with E-state index in [0.717, 1.165) is 24.9 Å². The highest BCUT2D eigenvalue weighted by Gasteiger charge is 2.31. The van der Waals surface area contributed by atoms with Crippen LogP contribution in [0.5, 0.6) is 0 Å². The molecule has 5 nitrogen and oxygen atoms in total. The molecule has 0 spiro atoms. The number of benzene rings is 1. The number of rotatable bonds is 6. The standard InChI is InChI=1S/C18H27N3O2.ClH/c1-3-21(4-2)18(23)13-8-10-15(11-9-13)20-17(22)16-7-5-6-14(16)12-19;/h8-11,14,16H,3-7,12,19H2,1-2H3,(H,20,22);1H/t14-,16-;/m1./s1.